The number of phenolic OH excluding ortho intramolecular Hbond substituents is 1. The Morgan fingerprint density at radius 2 is 1.83 bits per heavy atom. The van der Waals surface area contributed by atoms with E-state index in [-0.39, 0.29) is 5.75 Å². The molecule has 0 bridgehead atoms. The van der Waals surface area contributed by atoms with Gasteiger partial charge in [0.05, 0.1) is 11.1 Å². The summed E-state index contributed by atoms with van der Waals surface area (Å²) in [4.78, 5) is 15.1. The van der Waals surface area contributed by atoms with Crippen molar-refractivity contribution in [1.29, 1.82) is 0 Å². The van der Waals surface area contributed by atoms with Crippen LogP contribution in [0.1, 0.15) is 15.9 Å². The van der Waals surface area contributed by atoms with E-state index in [2.05, 4.69) is 4.98 Å². The molecule has 24 heavy (non-hydrogen) atoms. The molecule has 4 N–H and O–H groups in total. The summed E-state index contributed by atoms with van der Waals surface area (Å²) in [6, 6.07) is 17.2. The first-order valence-corrected chi connectivity index (χ1v) is 7.69. The highest BCUT2D eigenvalue weighted by Gasteiger charge is 2.17. The van der Waals surface area contributed by atoms with E-state index in [4.69, 9.17) is 5.73 Å². The Morgan fingerprint density at radius 1 is 1.08 bits per heavy atom. The first-order chi connectivity index (χ1) is 11.6. The third-order valence-corrected chi connectivity index (χ3v) is 4.42. The number of carbonyl (C=O) groups excluding carboxylic acids is 1. The van der Waals surface area contributed by atoms with Crippen LogP contribution in [0.25, 0.3) is 32.9 Å². The molecule has 0 fully saturated rings. The highest BCUT2D eigenvalue weighted by molar-refractivity contribution is 6.20. The van der Waals surface area contributed by atoms with Gasteiger partial charge in [-0.05, 0) is 41.8 Å². The maximum absolute atomic E-state index is 11.8. The van der Waals surface area contributed by atoms with E-state index in [0.29, 0.717) is 11.1 Å². The highest BCUT2D eigenvalue weighted by atomic mass is 16.3. The number of aryl methyl sites for hydroxylation is 1. The maximum Gasteiger partial charge on any atom is 0.250 e. The van der Waals surface area contributed by atoms with Crippen LogP contribution in [0.15, 0.2) is 54.6 Å². The number of hydrogen-bond acceptors (Lipinski definition) is 2. The zero-order valence-corrected chi connectivity index (χ0v) is 13.1. The number of fused-ring (bicyclic) bond motifs is 3. The number of nitrogens with one attached hydrogen (secondary N) is 1. The lowest BCUT2D eigenvalue weighted by Crippen LogP contribution is -2.11. The Hall–Kier alpha value is -3.27. The van der Waals surface area contributed by atoms with E-state index in [1.54, 1.807) is 12.1 Å². The van der Waals surface area contributed by atoms with Crippen molar-refractivity contribution in [1.82, 2.24) is 4.98 Å². The van der Waals surface area contributed by atoms with E-state index >= 15 is 0 Å². The monoisotopic (exact) mass is 316 g/mol. The lowest BCUT2D eigenvalue weighted by Gasteiger charge is -2.07. The fraction of sp³-hybridized carbons (Fsp3) is 0.0500. The molecule has 1 aromatic heterocycles. The first kappa shape index (κ1) is 14.3. The zero-order chi connectivity index (χ0) is 16.8. The normalized spacial score (nSPS) is 11.2. The molecular formula is C20H16N2O2. The second-order valence-corrected chi connectivity index (χ2v) is 5.95. The van der Waals surface area contributed by atoms with Crippen LogP contribution in [0, 0.1) is 6.92 Å². The highest BCUT2D eigenvalue weighted by Crippen LogP contribution is 2.38. The molecule has 0 saturated carbocycles. The van der Waals surface area contributed by atoms with Crippen LogP contribution in [-0.4, -0.2) is 16.0 Å². The summed E-state index contributed by atoms with van der Waals surface area (Å²) in [5.41, 5.74) is 10.4. The SMILES string of the molecule is Cc1cc2[nH]c3c(C(N)=O)ccc(-c4ccccc4)c3c2cc1O. The molecule has 4 rings (SSSR count). The Labute approximate surface area is 138 Å². The number of benzene rings is 3. The molecule has 4 heteroatoms. The maximum atomic E-state index is 11.8. The fourth-order valence-electron chi connectivity index (χ4n) is 3.22. The standard InChI is InChI=1S/C20H16N2O2/c1-11-9-16-15(10-17(11)23)18-13(12-5-3-2-4-6-12)7-8-14(20(21)24)19(18)22-16/h2-10,22-23H,1H3,(H2,21,24). The Morgan fingerprint density at radius 3 is 2.54 bits per heavy atom. The molecule has 0 aliphatic rings. The van der Waals surface area contributed by atoms with Crippen molar-refractivity contribution < 1.29 is 9.90 Å². The van der Waals surface area contributed by atoms with Gasteiger partial charge < -0.3 is 15.8 Å². The number of amides is 1. The Kier molecular flexibility index (Phi) is 3.06. The molecule has 4 aromatic rings. The summed E-state index contributed by atoms with van der Waals surface area (Å²) in [5, 5.41) is 11.9. The van der Waals surface area contributed by atoms with Gasteiger partial charge in [0.1, 0.15) is 5.75 Å². The fourth-order valence-corrected chi connectivity index (χ4v) is 3.22. The average molecular weight is 316 g/mol. The topological polar surface area (TPSA) is 79.1 Å². The molecule has 0 atom stereocenters. The van der Waals surface area contributed by atoms with Crippen molar-refractivity contribution in [3.63, 3.8) is 0 Å². The quantitative estimate of drug-likeness (QED) is 0.520. The van der Waals surface area contributed by atoms with Gasteiger partial charge in [-0.25, -0.2) is 0 Å². The summed E-state index contributed by atoms with van der Waals surface area (Å²) in [7, 11) is 0. The van der Waals surface area contributed by atoms with Gasteiger partial charge in [0.2, 0.25) is 0 Å². The van der Waals surface area contributed by atoms with Crippen molar-refractivity contribution in [2.45, 2.75) is 6.92 Å². The molecule has 0 aliphatic carbocycles. The Bertz CT molecular complexity index is 1100. The van der Waals surface area contributed by atoms with E-state index in [1.165, 1.54) is 0 Å². The number of carbonyl (C=O) groups is 1. The molecule has 1 heterocycles. The second-order valence-electron chi connectivity index (χ2n) is 5.95. The minimum absolute atomic E-state index is 0.229. The minimum atomic E-state index is -0.480. The molecule has 4 nitrogen and oxygen atoms in total. The second kappa shape index (κ2) is 5.13. The Balaban J connectivity index is 2.20. The van der Waals surface area contributed by atoms with Gasteiger partial charge >= 0.3 is 0 Å². The molecule has 0 radical (unpaired) electrons. The van der Waals surface area contributed by atoms with Crippen molar-refractivity contribution in [2.75, 3.05) is 0 Å². The predicted molar refractivity (Wildman–Crippen MR) is 96.2 cm³/mol. The number of hydrogen-bond donors (Lipinski definition) is 3. The van der Waals surface area contributed by atoms with Crippen molar-refractivity contribution in [3.05, 3.63) is 65.7 Å². The molecule has 0 aliphatic heterocycles. The molecule has 0 unspecified atom stereocenters. The van der Waals surface area contributed by atoms with Crippen LogP contribution < -0.4 is 5.73 Å². The van der Waals surface area contributed by atoms with E-state index in [9.17, 15) is 9.90 Å². The van der Waals surface area contributed by atoms with Crippen LogP contribution in [0.5, 0.6) is 5.75 Å². The molecule has 0 saturated heterocycles. The van der Waals surface area contributed by atoms with Gasteiger partial charge in [-0.2, -0.15) is 0 Å². The van der Waals surface area contributed by atoms with Crippen molar-refractivity contribution >= 4 is 27.7 Å². The van der Waals surface area contributed by atoms with E-state index in [1.807, 2.05) is 49.4 Å². The van der Waals surface area contributed by atoms with Crippen LogP contribution in [0.3, 0.4) is 0 Å². The lowest BCUT2D eigenvalue weighted by atomic mass is 9.96. The summed E-state index contributed by atoms with van der Waals surface area (Å²) >= 11 is 0. The van der Waals surface area contributed by atoms with Crippen LogP contribution >= 0.6 is 0 Å². The van der Waals surface area contributed by atoms with E-state index < -0.39 is 5.91 Å². The molecule has 1 amide bonds. The molecule has 3 aromatic carbocycles. The van der Waals surface area contributed by atoms with E-state index in [0.717, 1.165) is 33.0 Å². The number of aromatic hydroxyl groups is 1. The molecule has 0 spiro atoms. The summed E-state index contributed by atoms with van der Waals surface area (Å²) in [6.45, 7) is 1.84. The lowest BCUT2D eigenvalue weighted by molar-refractivity contribution is 0.100. The summed E-state index contributed by atoms with van der Waals surface area (Å²) in [6.07, 6.45) is 0. The van der Waals surface area contributed by atoms with Gasteiger partial charge in [-0.15, -0.1) is 0 Å². The number of phenols is 1. The minimum Gasteiger partial charge on any atom is -0.508 e. The van der Waals surface area contributed by atoms with Crippen molar-refractivity contribution in [2.24, 2.45) is 5.73 Å². The van der Waals surface area contributed by atoms with Crippen LogP contribution in [-0.2, 0) is 0 Å². The van der Waals surface area contributed by atoms with Gasteiger partial charge in [0.25, 0.3) is 5.91 Å². The smallest absolute Gasteiger partial charge is 0.250 e. The largest absolute Gasteiger partial charge is 0.508 e. The van der Waals surface area contributed by atoms with Gasteiger partial charge in [-0.3, -0.25) is 4.79 Å². The number of primary amides is 1. The van der Waals surface area contributed by atoms with Crippen molar-refractivity contribution in [3.8, 4) is 16.9 Å². The number of aromatic amines is 1. The van der Waals surface area contributed by atoms with Gasteiger partial charge in [0, 0.05) is 16.3 Å². The summed E-state index contributed by atoms with van der Waals surface area (Å²) in [5.74, 6) is -0.251. The number of rotatable bonds is 2. The number of nitrogens with two attached hydrogens (primary N) is 1. The predicted octanol–water partition coefficient (Wildman–Crippen LogP) is 4.10. The van der Waals surface area contributed by atoms with Gasteiger partial charge in [-0.1, -0.05) is 36.4 Å². The number of aromatic nitrogens is 1. The first-order valence-electron chi connectivity index (χ1n) is 7.69. The average Bonchev–Trinajstić information content (AvgIpc) is 2.93. The zero-order valence-electron chi connectivity index (χ0n) is 13.1. The third-order valence-electron chi connectivity index (χ3n) is 4.42. The van der Waals surface area contributed by atoms with Crippen LogP contribution in [0.4, 0.5) is 0 Å². The van der Waals surface area contributed by atoms with Crippen LogP contribution in [0.2, 0.25) is 0 Å². The molecular weight excluding hydrogens is 300 g/mol. The molecule has 118 valence electrons. The summed E-state index contributed by atoms with van der Waals surface area (Å²) < 4.78 is 0. The van der Waals surface area contributed by atoms with Gasteiger partial charge in [0.15, 0.2) is 0 Å². The third kappa shape index (κ3) is 2.04. The number of H-pyrrole nitrogens is 1.